The van der Waals surface area contributed by atoms with Gasteiger partial charge in [0.25, 0.3) is 0 Å². The summed E-state index contributed by atoms with van der Waals surface area (Å²) in [4.78, 5) is 11.1. The fraction of sp³-hybridized carbons (Fsp3) is 0.167. The van der Waals surface area contributed by atoms with E-state index in [9.17, 15) is 13.2 Å². The smallest absolute Gasteiger partial charge is 0.335 e. The second kappa shape index (κ2) is 7.96. The van der Waals surface area contributed by atoms with Gasteiger partial charge in [0.2, 0.25) is 10.0 Å². The number of aromatic carboxylic acids is 1. The zero-order valence-corrected chi connectivity index (χ0v) is 14.6. The predicted octanol–water partition coefficient (Wildman–Crippen LogP) is 3.02. The highest BCUT2D eigenvalue weighted by Crippen LogP contribution is 2.27. The highest BCUT2D eigenvalue weighted by Gasteiger charge is 2.21. The molecule has 2 aromatic carbocycles. The summed E-state index contributed by atoms with van der Waals surface area (Å²) in [5, 5.41) is 12.3. The van der Waals surface area contributed by atoms with Crippen LogP contribution in [0.1, 0.15) is 28.9 Å². The van der Waals surface area contributed by atoms with E-state index < -0.39 is 16.0 Å². The molecular formula is C18H20N2O4S. The Balaban J connectivity index is 2.43. The van der Waals surface area contributed by atoms with Crippen molar-refractivity contribution in [3.63, 3.8) is 0 Å². The molecule has 25 heavy (non-hydrogen) atoms. The zero-order chi connectivity index (χ0) is 18.4. The molecule has 0 aliphatic heterocycles. The van der Waals surface area contributed by atoms with E-state index in [4.69, 9.17) is 5.11 Å². The highest BCUT2D eigenvalue weighted by molar-refractivity contribution is 7.89. The molecule has 2 aromatic rings. The molecule has 3 N–H and O–H groups in total. The van der Waals surface area contributed by atoms with E-state index in [0.29, 0.717) is 5.69 Å². The van der Waals surface area contributed by atoms with Crippen molar-refractivity contribution < 1.29 is 18.3 Å². The summed E-state index contributed by atoms with van der Waals surface area (Å²) in [6, 6.07) is 13.3. The van der Waals surface area contributed by atoms with Crippen LogP contribution in [0.4, 0.5) is 5.69 Å². The maximum Gasteiger partial charge on any atom is 0.335 e. The number of benzene rings is 2. The minimum Gasteiger partial charge on any atom is -0.478 e. The van der Waals surface area contributed by atoms with Gasteiger partial charge in [-0.3, -0.25) is 0 Å². The maximum absolute atomic E-state index is 12.5. The number of sulfonamides is 1. The van der Waals surface area contributed by atoms with Gasteiger partial charge in [0, 0.05) is 12.6 Å². The first kappa shape index (κ1) is 18.7. The Bertz CT molecular complexity index is 864. The van der Waals surface area contributed by atoms with E-state index in [2.05, 4.69) is 16.6 Å². The van der Waals surface area contributed by atoms with Crippen molar-refractivity contribution >= 4 is 21.7 Å². The normalized spacial score (nSPS) is 12.4. The van der Waals surface area contributed by atoms with Crippen molar-refractivity contribution in [2.75, 3.05) is 11.9 Å². The van der Waals surface area contributed by atoms with Crippen LogP contribution in [0.2, 0.25) is 0 Å². The van der Waals surface area contributed by atoms with E-state index in [1.54, 1.807) is 0 Å². The van der Waals surface area contributed by atoms with E-state index in [0.717, 1.165) is 11.6 Å². The van der Waals surface area contributed by atoms with E-state index >= 15 is 0 Å². The molecule has 0 aliphatic carbocycles. The zero-order valence-electron chi connectivity index (χ0n) is 13.8. The van der Waals surface area contributed by atoms with Gasteiger partial charge in [0.05, 0.1) is 11.3 Å². The first-order chi connectivity index (χ1) is 11.8. The summed E-state index contributed by atoms with van der Waals surface area (Å²) < 4.78 is 27.4. The number of carboxylic acid groups (broad SMARTS) is 1. The average Bonchev–Trinajstić information content (AvgIpc) is 2.60. The molecule has 0 spiro atoms. The van der Waals surface area contributed by atoms with Crippen molar-refractivity contribution in [2.24, 2.45) is 0 Å². The van der Waals surface area contributed by atoms with Crippen LogP contribution in [0.3, 0.4) is 0 Å². The van der Waals surface area contributed by atoms with Gasteiger partial charge in [0.15, 0.2) is 0 Å². The number of carboxylic acids is 1. The molecule has 0 saturated carbocycles. The lowest BCUT2D eigenvalue weighted by molar-refractivity contribution is 0.0696. The molecular weight excluding hydrogens is 340 g/mol. The van der Waals surface area contributed by atoms with Gasteiger partial charge in [0.1, 0.15) is 4.90 Å². The minimum absolute atomic E-state index is 0.0489. The Morgan fingerprint density at radius 3 is 2.52 bits per heavy atom. The third-order valence-corrected chi connectivity index (χ3v) is 5.07. The van der Waals surface area contributed by atoms with Crippen molar-refractivity contribution in [1.29, 1.82) is 0 Å². The number of anilines is 1. The van der Waals surface area contributed by atoms with E-state index in [-0.39, 0.29) is 23.0 Å². The lowest BCUT2D eigenvalue weighted by Crippen LogP contribution is -2.25. The van der Waals surface area contributed by atoms with Gasteiger partial charge in [-0.05, 0) is 30.7 Å². The Morgan fingerprint density at radius 1 is 1.24 bits per heavy atom. The summed E-state index contributed by atoms with van der Waals surface area (Å²) >= 11 is 0. The molecule has 0 heterocycles. The van der Waals surface area contributed by atoms with Crippen molar-refractivity contribution in [3.8, 4) is 0 Å². The van der Waals surface area contributed by atoms with Gasteiger partial charge < -0.3 is 10.4 Å². The second-order valence-corrected chi connectivity index (χ2v) is 7.17. The molecule has 0 radical (unpaired) electrons. The number of hydrogen-bond donors (Lipinski definition) is 3. The fourth-order valence-electron chi connectivity index (χ4n) is 2.30. The lowest BCUT2D eigenvalue weighted by atomic mass is 10.1. The standard InChI is InChI=1S/C18H20N2O4S/c1-3-11-19-25(23,24)17-12-15(18(21)22)9-10-16(17)20-13(2)14-7-5-4-6-8-14/h3-10,12-13,19-20H,1,11H2,2H3,(H,21,22)/t13-/m1/s1. The van der Waals surface area contributed by atoms with Crippen LogP contribution in [0.5, 0.6) is 0 Å². The monoisotopic (exact) mass is 360 g/mol. The number of nitrogens with one attached hydrogen (secondary N) is 2. The Hall–Kier alpha value is -2.64. The molecule has 0 aliphatic rings. The molecule has 132 valence electrons. The topological polar surface area (TPSA) is 95.5 Å². The third-order valence-electron chi connectivity index (χ3n) is 3.61. The second-order valence-electron chi connectivity index (χ2n) is 5.43. The minimum atomic E-state index is -3.88. The van der Waals surface area contributed by atoms with Crippen LogP contribution in [0.15, 0.2) is 66.1 Å². The van der Waals surface area contributed by atoms with E-state index in [1.807, 2.05) is 37.3 Å². The molecule has 0 unspecified atom stereocenters. The molecule has 0 amide bonds. The van der Waals surface area contributed by atoms with Crippen molar-refractivity contribution in [1.82, 2.24) is 4.72 Å². The summed E-state index contributed by atoms with van der Waals surface area (Å²) in [6.07, 6.45) is 1.41. The fourth-order valence-corrected chi connectivity index (χ4v) is 3.49. The van der Waals surface area contributed by atoms with Crippen LogP contribution in [0, 0.1) is 0 Å². The Morgan fingerprint density at radius 2 is 1.92 bits per heavy atom. The quantitative estimate of drug-likeness (QED) is 0.629. The highest BCUT2D eigenvalue weighted by atomic mass is 32.2. The van der Waals surface area contributed by atoms with E-state index in [1.165, 1.54) is 18.2 Å². The first-order valence-electron chi connectivity index (χ1n) is 7.64. The van der Waals surface area contributed by atoms with Gasteiger partial charge in [-0.15, -0.1) is 6.58 Å². The van der Waals surface area contributed by atoms with Gasteiger partial charge >= 0.3 is 5.97 Å². The molecule has 2 rings (SSSR count). The molecule has 0 fully saturated rings. The molecule has 7 heteroatoms. The van der Waals surface area contributed by atoms with Gasteiger partial charge in [-0.1, -0.05) is 36.4 Å². The first-order valence-corrected chi connectivity index (χ1v) is 9.13. The third kappa shape index (κ3) is 4.68. The van der Waals surface area contributed by atoms with Crippen LogP contribution < -0.4 is 10.0 Å². The molecule has 1 atom stereocenters. The van der Waals surface area contributed by atoms with Crippen molar-refractivity contribution in [2.45, 2.75) is 17.9 Å². The van der Waals surface area contributed by atoms with Crippen LogP contribution >= 0.6 is 0 Å². The molecule has 0 bridgehead atoms. The maximum atomic E-state index is 12.5. The SMILES string of the molecule is C=CCNS(=O)(=O)c1cc(C(=O)O)ccc1N[C@H](C)c1ccccc1. The predicted molar refractivity (Wildman–Crippen MR) is 97.3 cm³/mol. The average molecular weight is 360 g/mol. The molecule has 0 aromatic heterocycles. The molecule has 6 nitrogen and oxygen atoms in total. The largest absolute Gasteiger partial charge is 0.478 e. The van der Waals surface area contributed by atoms with Crippen molar-refractivity contribution in [3.05, 3.63) is 72.3 Å². The number of rotatable bonds is 8. The number of hydrogen-bond acceptors (Lipinski definition) is 4. The van der Waals surface area contributed by atoms with Crippen LogP contribution in [-0.4, -0.2) is 26.0 Å². The van der Waals surface area contributed by atoms with Crippen LogP contribution in [-0.2, 0) is 10.0 Å². The van der Waals surface area contributed by atoms with Gasteiger partial charge in [-0.25, -0.2) is 17.9 Å². The number of carbonyl (C=O) groups is 1. The summed E-state index contributed by atoms with van der Waals surface area (Å²) in [6.45, 7) is 5.42. The summed E-state index contributed by atoms with van der Waals surface area (Å²) in [7, 11) is -3.88. The Kier molecular flexibility index (Phi) is 5.95. The van der Waals surface area contributed by atoms with Crippen LogP contribution in [0.25, 0.3) is 0 Å². The Labute approximate surface area is 147 Å². The summed E-state index contributed by atoms with van der Waals surface area (Å²) in [5.74, 6) is -1.19. The summed E-state index contributed by atoms with van der Waals surface area (Å²) in [5.41, 5.74) is 1.21. The molecule has 0 saturated heterocycles. The van der Waals surface area contributed by atoms with Gasteiger partial charge in [-0.2, -0.15) is 0 Å². The lowest BCUT2D eigenvalue weighted by Gasteiger charge is -2.19.